The van der Waals surface area contributed by atoms with E-state index in [0.717, 1.165) is 6.42 Å². The maximum atomic E-state index is 3.85. The highest BCUT2D eigenvalue weighted by molar-refractivity contribution is 5.28. The molecule has 1 rings (SSSR count). The molecule has 0 aliphatic carbocycles. The predicted octanol–water partition coefficient (Wildman–Crippen LogP) is 10.9. The Hall–Kier alpha value is -1.30. The van der Waals surface area contributed by atoms with E-state index in [9.17, 15) is 0 Å². The van der Waals surface area contributed by atoms with Gasteiger partial charge in [0.1, 0.15) is 0 Å². The van der Waals surface area contributed by atoms with Gasteiger partial charge in [-0.05, 0) is 54.7 Å². The molecule has 0 saturated carbocycles. The molecule has 0 spiro atoms. The number of hydrogen-bond acceptors (Lipinski definition) is 0. The summed E-state index contributed by atoms with van der Waals surface area (Å²) in [5.41, 5.74) is 6.15. The Morgan fingerprint density at radius 1 is 0.867 bits per heavy atom. The number of unbranched alkanes of at least 4 members (excludes halogenated alkanes) is 2. The molecule has 0 amide bonds. The zero-order chi connectivity index (χ0) is 24.0. The molecule has 0 radical (unpaired) electrons. The van der Waals surface area contributed by atoms with Crippen molar-refractivity contribution < 1.29 is 0 Å². The number of rotatable bonds is 8. The monoisotopic (exact) mass is 416 g/mol. The fraction of sp³-hybridized carbons (Fsp3) is 0.667. The van der Waals surface area contributed by atoms with E-state index in [2.05, 4.69) is 93.2 Å². The summed E-state index contributed by atoms with van der Waals surface area (Å²) in [6, 6.07) is 8.85. The minimum atomic E-state index is 0.283. The lowest BCUT2D eigenvalue weighted by molar-refractivity contribution is 0.589. The van der Waals surface area contributed by atoms with E-state index in [4.69, 9.17) is 0 Å². The summed E-state index contributed by atoms with van der Waals surface area (Å²) in [4.78, 5) is 0. The summed E-state index contributed by atoms with van der Waals surface area (Å²) in [5, 5.41) is 0. The van der Waals surface area contributed by atoms with Crippen LogP contribution >= 0.6 is 0 Å². The van der Waals surface area contributed by atoms with Crippen molar-refractivity contribution in [1.29, 1.82) is 0 Å². The molecule has 0 fully saturated rings. The lowest BCUT2D eigenvalue weighted by Crippen LogP contribution is -2.10. The topological polar surface area (TPSA) is 0 Å². The van der Waals surface area contributed by atoms with E-state index in [0.29, 0.717) is 0 Å². The lowest BCUT2D eigenvalue weighted by Gasteiger charge is -2.19. The zero-order valence-electron chi connectivity index (χ0n) is 22.8. The van der Waals surface area contributed by atoms with Crippen molar-refractivity contribution in [3.8, 4) is 0 Å². The molecular weight excluding hydrogens is 360 g/mol. The van der Waals surface area contributed by atoms with Crippen LogP contribution in [-0.2, 0) is 11.8 Å². The van der Waals surface area contributed by atoms with Gasteiger partial charge in [-0.3, -0.25) is 0 Å². The third kappa shape index (κ3) is 18.7. The molecular formula is C30H56. The quantitative estimate of drug-likeness (QED) is 0.369. The molecule has 0 aromatic heterocycles. The summed E-state index contributed by atoms with van der Waals surface area (Å²) in [6.07, 6.45) is 12.1. The summed E-state index contributed by atoms with van der Waals surface area (Å²) >= 11 is 0. The van der Waals surface area contributed by atoms with Gasteiger partial charge < -0.3 is 0 Å². The molecule has 0 unspecified atom stereocenters. The fourth-order valence-corrected chi connectivity index (χ4v) is 2.62. The Kier molecular flexibility index (Phi) is 24.9. The predicted molar refractivity (Wildman–Crippen MR) is 144 cm³/mol. The van der Waals surface area contributed by atoms with E-state index in [-0.39, 0.29) is 5.41 Å². The first-order valence-electron chi connectivity index (χ1n) is 12.6. The van der Waals surface area contributed by atoms with E-state index in [1.54, 1.807) is 0 Å². The molecule has 0 saturated heterocycles. The van der Waals surface area contributed by atoms with Gasteiger partial charge in [-0.2, -0.15) is 0 Å². The number of allylic oxidation sites excluding steroid dienone is 3. The molecule has 0 heterocycles. The maximum Gasteiger partial charge on any atom is -0.0132 e. The standard InChI is InChI=1S/C12H18.C12H22.C4H10.C2H6/c1-5-10-7-6-8-11(9-10)12(2,3)4;1-5-8-10-11(4)12(7-3)9-6-2;1-3-4-2;1-2/h6-9H,5H2,1-4H3;7H,3,5-6,8-10H2,1-2,4H3;3-4H2,1-2H3;1-2H3/b;12-11-;;. The van der Waals surface area contributed by atoms with Crippen LogP contribution in [0.5, 0.6) is 0 Å². The van der Waals surface area contributed by atoms with Gasteiger partial charge in [0.2, 0.25) is 0 Å². The second-order valence-electron chi connectivity index (χ2n) is 8.67. The summed E-state index contributed by atoms with van der Waals surface area (Å²) < 4.78 is 0. The molecule has 0 atom stereocenters. The van der Waals surface area contributed by atoms with Gasteiger partial charge >= 0.3 is 0 Å². The maximum absolute atomic E-state index is 3.85. The minimum Gasteiger partial charge on any atom is -0.0988 e. The molecule has 1 aromatic carbocycles. The van der Waals surface area contributed by atoms with Crippen molar-refractivity contribution >= 4 is 0 Å². The van der Waals surface area contributed by atoms with Crippen molar-refractivity contribution in [1.82, 2.24) is 0 Å². The number of benzene rings is 1. The second-order valence-corrected chi connectivity index (χ2v) is 8.67. The van der Waals surface area contributed by atoms with Gasteiger partial charge in [-0.1, -0.05) is 137 Å². The highest BCUT2D eigenvalue weighted by atomic mass is 14.2. The Labute approximate surface area is 192 Å². The number of aryl methyl sites for hydroxylation is 1. The lowest BCUT2D eigenvalue weighted by atomic mass is 9.86. The van der Waals surface area contributed by atoms with Crippen LogP contribution in [0, 0.1) is 0 Å². The molecule has 0 N–H and O–H groups in total. The van der Waals surface area contributed by atoms with Gasteiger partial charge in [0, 0.05) is 0 Å². The van der Waals surface area contributed by atoms with E-state index in [1.807, 2.05) is 19.9 Å². The highest BCUT2D eigenvalue weighted by Crippen LogP contribution is 2.22. The van der Waals surface area contributed by atoms with Crippen LogP contribution in [-0.4, -0.2) is 0 Å². The van der Waals surface area contributed by atoms with Crippen LogP contribution in [0.4, 0.5) is 0 Å². The van der Waals surface area contributed by atoms with Crippen molar-refractivity contribution in [2.75, 3.05) is 0 Å². The summed E-state index contributed by atoms with van der Waals surface area (Å²) in [5.74, 6) is 0. The SMILES string of the molecule is C=C/C(CCC)=C(\C)CCCC.CC.CCCC.CCc1cccc(C(C)(C)C)c1. The normalized spacial score (nSPS) is 10.9. The first-order valence-corrected chi connectivity index (χ1v) is 12.6. The van der Waals surface area contributed by atoms with Crippen LogP contribution in [0.25, 0.3) is 0 Å². The van der Waals surface area contributed by atoms with Crippen molar-refractivity contribution in [3.63, 3.8) is 0 Å². The molecule has 0 bridgehead atoms. The average Bonchev–Trinajstić information content (AvgIpc) is 2.77. The minimum absolute atomic E-state index is 0.283. The first kappa shape index (κ1) is 33.3. The van der Waals surface area contributed by atoms with Gasteiger partial charge in [0.15, 0.2) is 0 Å². The molecule has 1 aromatic rings. The Balaban J connectivity index is -0.000000386. The van der Waals surface area contributed by atoms with Gasteiger partial charge in [-0.15, -0.1) is 0 Å². The molecule has 30 heavy (non-hydrogen) atoms. The van der Waals surface area contributed by atoms with Crippen LogP contribution in [0.15, 0.2) is 48.1 Å². The van der Waals surface area contributed by atoms with Gasteiger partial charge in [0.25, 0.3) is 0 Å². The molecule has 0 aliphatic rings. The molecule has 176 valence electrons. The summed E-state index contributed by atoms with van der Waals surface area (Å²) in [7, 11) is 0. The highest BCUT2D eigenvalue weighted by Gasteiger charge is 2.12. The fourth-order valence-electron chi connectivity index (χ4n) is 2.62. The van der Waals surface area contributed by atoms with Crippen LogP contribution in [0.2, 0.25) is 0 Å². The Morgan fingerprint density at radius 3 is 1.80 bits per heavy atom. The largest absolute Gasteiger partial charge is 0.0988 e. The average molecular weight is 417 g/mol. The van der Waals surface area contributed by atoms with Crippen LogP contribution < -0.4 is 0 Å². The smallest absolute Gasteiger partial charge is 0.0132 e. The second kappa shape index (κ2) is 22.4. The summed E-state index contributed by atoms with van der Waals surface area (Å²) in [6.45, 7) is 27.9. The van der Waals surface area contributed by atoms with Gasteiger partial charge in [-0.25, -0.2) is 0 Å². The molecule has 0 aliphatic heterocycles. The van der Waals surface area contributed by atoms with Crippen LogP contribution in [0.3, 0.4) is 0 Å². The third-order valence-corrected chi connectivity index (χ3v) is 4.92. The third-order valence-electron chi connectivity index (χ3n) is 4.92. The van der Waals surface area contributed by atoms with Crippen molar-refractivity contribution in [2.45, 2.75) is 133 Å². The Bertz CT molecular complexity index is 523. The molecule has 0 nitrogen and oxygen atoms in total. The Morgan fingerprint density at radius 2 is 1.43 bits per heavy atom. The molecule has 0 heteroatoms. The zero-order valence-corrected chi connectivity index (χ0v) is 22.8. The van der Waals surface area contributed by atoms with Gasteiger partial charge in [0.05, 0.1) is 0 Å². The van der Waals surface area contributed by atoms with E-state index >= 15 is 0 Å². The number of hydrogen-bond donors (Lipinski definition) is 0. The van der Waals surface area contributed by atoms with Crippen molar-refractivity contribution in [2.24, 2.45) is 0 Å². The van der Waals surface area contributed by atoms with Crippen molar-refractivity contribution in [3.05, 3.63) is 59.2 Å². The van der Waals surface area contributed by atoms with E-state index in [1.165, 1.54) is 67.2 Å². The van der Waals surface area contributed by atoms with Crippen LogP contribution in [0.1, 0.15) is 132 Å². The van der Waals surface area contributed by atoms with E-state index < -0.39 is 0 Å². The first-order chi connectivity index (χ1) is 14.2.